The normalized spacial score (nSPS) is 14.8. The number of anilines is 1. The summed E-state index contributed by atoms with van der Waals surface area (Å²) in [7, 11) is 3.17. The van der Waals surface area contributed by atoms with Crippen molar-refractivity contribution < 1.29 is 27.4 Å². The van der Waals surface area contributed by atoms with Gasteiger partial charge in [0.2, 0.25) is 5.91 Å². The number of halogens is 3. The Kier molecular flexibility index (Phi) is 8.15. The lowest BCUT2D eigenvalue weighted by Gasteiger charge is -2.37. The van der Waals surface area contributed by atoms with E-state index in [4.69, 9.17) is 9.47 Å². The molecule has 0 saturated carbocycles. The summed E-state index contributed by atoms with van der Waals surface area (Å²) in [5, 5.41) is 1.08. The molecule has 4 aromatic rings. The number of carbonyl (C=O) groups excluding carboxylic acids is 1. The van der Waals surface area contributed by atoms with Crippen LogP contribution < -0.4 is 14.4 Å². The Hall–Kier alpha value is -4.14. The maximum absolute atomic E-state index is 13.7. The second kappa shape index (κ2) is 11.8. The predicted molar refractivity (Wildman–Crippen MR) is 154 cm³/mol. The number of para-hydroxylation sites is 1. The number of aromatic nitrogens is 1. The molecule has 1 fully saturated rings. The molecule has 0 radical (unpaired) electrons. The Labute approximate surface area is 237 Å². The minimum atomic E-state index is -4.40. The summed E-state index contributed by atoms with van der Waals surface area (Å²) in [5.74, 6) is 0.949. The molecule has 6 nitrogen and oxygen atoms in total. The number of hydrogen-bond acceptors (Lipinski definition) is 4. The third-order valence-corrected chi connectivity index (χ3v) is 7.95. The molecule has 1 N–H and O–H groups in total. The molecule has 1 aliphatic heterocycles. The largest absolute Gasteiger partial charge is 0.493 e. The Morgan fingerprint density at radius 2 is 1.68 bits per heavy atom. The molecular weight excluding hydrogens is 531 g/mol. The number of rotatable bonds is 8. The van der Waals surface area contributed by atoms with Crippen LogP contribution in [0, 0.1) is 0 Å². The highest BCUT2D eigenvalue weighted by atomic mass is 19.4. The van der Waals surface area contributed by atoms with Crippen molar-refractivity contribution in [1.82, 2.24) is 9.88 Å². The van der Waals surface area contributed by atoms with Crippen LogP contribution >= 0.6 is 0 Å². The summed E-state index contributed by atoms with van der Waals surface area (Å²) < 4.78 is 50.7. The second-order valence-corrected chi connectivity index (χ2v) is 10.2. The van der Waals surface area contributed by atoms with E-state index in [0.717, 1.165) is 34.5 Å². The molecule has 1 amide bonds. The third kappa shape index (κ3) is 5.85. The monoisotopic (exact) mass is 565 g/mol. The van der Waals surface area contributed by atoms with Crippen LogP contribution in [0.4, 0.5) is 18.9 Å². The molecule has 2 heterocycles. The first-order valence-electron chi connectivity index (χ1n) is 13.7. The van der Waals surface area contributed by atoms with E-state index in [1.54, 1.807) is 20.3 Å². The Morgan fingerprint density at radius 1 is 0.951 bits per heavy atom. The van der Waals surface area contributed by atoms with Gasteiger partial charge in [-0.25, -0.2) is 0 Å². The molecule has 3 aromatic carbocycles. The number of hydrogen-bond donors (Lipinski definition) is 1. The van der Waals surface area contributed by atoms with Crippen molar-refractivity contribution in [3.8, 4) is 11.5 Å². The van der Waals surface area contributed by atoms with Crippen LogP contribution in [0.2, 0.25) is 0 Å². The zero-order valence-electron chi connectivity index (χ0n) is 23.4. The quantitative estimate of drug-likeness (QED) is 0.260. The van der Waals surface area contributed by atoms with E-state index in [1.165, 1.54) is 17.7 Å². The number of nitrogens with zero attached hydrogens (tertiary/aromatic N) is 2. The second-order valence-electron chi connectivity index (χ2n) is 10.2. The van der Waals surface area contributed by atoms with Crippen molar-refractivity contribution in [2.75, 3.05) is 45.3 Å². The summed E-state index contributed by atoms with van der Waals surface area (Å²) in [5.41, 5.74) is 4.08. The maximum atomic E-state index is 13.7. The van der Waals surface area contributed by atoms with Gasteiger partial charge < -0.3 is 24.3 Å². The number of alkyl halides is 3. The number of H-pyrrole nitrogens is 1. The lowest BCUT2D eigenvalue weighted by molar-refractivity contribution is -0.137. The molecule has 41 heavy (non-hydrogen) atoms. The van der Waals surface area contributed by atoms with E-state index in [0.29, 0.717) is 43.4 Å². The highest BCUT2D eigenvalue weighted by Crippen LogP contribution is 2.39. The van der Waals surface area contributed by atoms with Crippen molar-refractivity contribution in [1.29, 1.82) is 0 Å². The van der Waals surface area contributed by atoms with Crippen molar-refractivity contribution in [3.05, 3.63) is 89.1 Å². The molecule has 216 valence electrons. The van der Waals surface area contributed by atoms with E-state index in [9.17, 15) is 18.0 Å². The predicted octanol–water partition coefficient (Wildman–Crippen LogP) is 6.64. The summed E-state index contributed by atoms with van der Waals surface area (Å²) in [6.45, 7) is 3.90. The number of amides is 1. The fraction of sp³-hybridized carbons (Fsp3) is 0.344. The standard InChI is InChI=1S/C32H34F3N3O3/c1-4-21-7-5-10-25-27(20-36-31(21)25)26(22-11-12-28(40-2)29(17-22)41-3)19-30(39)38-15-13-37(14-16-38)24-9-6-8-23(18-24)32(33,34)35/h5-12,17-18,20,26,36H,4,13-16,19H2,1-3H3. The van der Waals surface area contributed by atoms with Gasteiger partial charge in [-0.3, -0.25) is 4.79 Å². The molecule has 0 aliphatic carbocycles. The van der Waals surface area contributed by atoms with E-state index >= 15 is 0 Å². The van der Waals surface area contributed by atoms with Gasteiger partial charge in [-0.2, -0.15) is 13.2 Å². The smallest absolute Gasteiger partial charge is 0.416 e. The number of aryl methyl sites for hydroxylation is 1. The van der Waals surface area contributed by atoms with Gasteiger partial charge in [-0.1, -0.05) is 37.3 Å². The number of carbonyl (C=O) groups is 1. The van der Waals surface area contributed by atoms with Crippen LogP contribution in [0.15, 0.2) is 66.9 Å². The lowest BCUT2D eigenvalue weighted by atomic mass is 9.87. The highest BCUT2D eigenvalue weighted by Gasteiger charge is 2.32. The van der Waals surface area contributed by atoms with Crippen LogP contribution in [-0.2, 0) is 17.4 Å². The number of nitrogens with one attached hydrogen (secondary N) is 1. The summed E-state index contributed by atoms with van der Waals surface area (Å²) in [6, 6.07) is 17.3. The minimum absolute atomic E-state index is 0.00512. The van der Waals surface area contributed by atoms with Crippen molar-refractivity contribution in [2.45, 2.75) is 31.9 Å². The van der Waals surface area contributed by atoms with Gasteiger partial charge in [0.25, 0.3) is 0 Å². The van der Waals surface area contributed by atoms with Gasteiger partial charge in [0.05, 0.1) is 19.8 Å². The van der Waals surface area contributed by atoms with E-state index in [1.807, 2.05) is 40.3 Å². The first kappa shape index (κ1) is 28.4. The number of ether oxygens (including phenoxy) is 2. The topological polar surface area (TPSA) is 57.8 Å². The fourth-order valence-corrected chi connectivity index (χ4v) is 5.70. The zero-order chi connectivity index (χ0) is 29.1. The average Bonchev–Trinajstić information content (AvgIpc) is 3.43. The minimum Gasteiger partial charge on any atom is -0.493 e. The first-order valence-corrected chi connectivity index (χ1v) is 13.7. The Morgan fingerprint density at radius 3 is 2.37 bits per heavy atom. The van der Waals surface area contributed by atoms with Crippen molar-refractivity contribution >= 4 is 22.5 Å². The molecule has 9 heteroatoms. The summed E-state index contributed by atoms with van der Waals surface area (Å²) >= 11 is 0. The van der Waals surface area contributed by atoms with E-state index < -0.39 is 11.7 Å². The van der Waals surface area contributed by atoms with Gasteiger partial charge in [0, 0.05) is 61.3 Å². The van der Waals surface area contributed by atoms with Crippen LogP contribution in [0.25, 0.3) is 10.9 Å². The van der Waals surface area contributed by atoms with Crippen LogP contribution in [0.3, 0.4) is 0 Å². The molecule has 1 aliphatic rings. The van der Waals surface area contributed by atoms with Gasteiger partial charge in [0.1, 0.15) is 0 Å². The van der Waals surface area contributed by atoms with Crippen LogP contribution in [-0.4, -0.2) is 56.2 Å². The van der Waals surface area contributed by atoms with E-state index in [-0.39, 0.29) is 18.2 Å². The summed E-state index contributed by atoms with van der Waals surface area (Å²) in [6.07, 6.45) is -1.28. The molecule has 1 aromatic heterocycles. The van der Waals surface area contributed by atoms with E-state index in [2.05, 4.69) is 24.0 Å². The van der Waals surface area contributed by atoms with Crippen molar-refractivity contribution in [2.24, 2.45) is 0 Å². The Bertz CT molecular complexity index is 1520. The SMILES string of the molecule is CCc1cccc2c(C(CC(=O)N3CCN(c4cccc(C(F)(F)F)c4)CC3)c3ccc(OC)c(OC)c3)c[nH]c12. The molecule has 5 rings (SSSR count). The summed E-state index contributed by atoms with van der Waals surface area (Å²) in [4.78, 5) is 20.9. The average molecular weight is 566 g/mol. The number of aromatic amines is 1. The Balaban J connectivity index is 1.39. The van der Waals surface area contributed by atoms with Crippen LogP contribution in [0.5, 0.6) is 11.5 Å². The highest BCUT2D eigenvalue weighted by molar-refractivity contribution is 5.88. The van der Waals surface area contributed by atoms with Crippen LogP contribution in [0.1, 0.15) is 41.5 Å². The zero-order valence-corrected chi connectivity index (χ0v) is 23.4. The lowest BCUT2D eigenvalue weighted by Crippen LogP contribution is -2.49. The van der Waals surface area contributed by atoms with Gasteiger partial charge >= 0.3 is 6.18 Å². The fourth-order valence-electron chi connectivity index (χ4n) is 5.70. The number of benzene rings is 3. The molecular formula is C32H34F3N3O3. The molecule has 0 spiro atoms. The number of fused-ring (bicyclic) bond motifs is 1. The molecule has 1 saturated heterocycles. The first-order chi connectivity index (χ1) is 19.7. The van der Waals surface area contributed by atoms with Gasteiger partial charge in [-0.05, 0) is 53.4 Å². The van der Waals surface area contributed by atoms with Gasteiger partial charge in [-0.15, -0.1) is 0 Å². The molecule has 1 atom stereocenters. The third-order valence-electron chi connectivity index (χ3n) is 7.95. The number of piperazine rings is 1. The molecule has 1 unspecified atom stereocenters. The maximum Gasteiger partial charge on any atom is 0.416 e. The molecule has 0 bridgehead atoms. The number of methoxy groups -OCH3 is 2. The van der Waals surface area contributed by atoms with Gasteiger partial charge in [0.15, 0.2) is 11.5 Å². The van der Waals surface area contributed by atoms with Crippen molar-refractivity contribution in [3.63, 3.8) is 0 Å².